The van der Waals surface area contributed by atoms with E-state index < -0.39 is 0 Å². The molecule has 2 aromatic rings. The normalized spacial score (nSPS) is 18.5. The highest BCUT2D eigenvalue weighted by Crippen LogP contribution is 2.22. The van der Waals surface area contributed by atoms with Crippen LogP contribution in [0.15, 0.2) is 24.3 Å². The molecule has 5 nitrogen and oxygen atoms in total. The fourth-order valence-electron chi connectivity index (χ4n) is 1.97. The molecule has 0 saturated carbocycles. The molecule has 3 rings (SSSR count). The minimum Gasteiger partial charge on any atom is -0.336 e. The van der Waals surface area contributed by atoms with E-state index in [1.54, 1.807) is 0 Å². The molecule has 0 amide bonds. The molecule has 1 aliphatic heterocycles. The summed E-state index contributed by atoms with van der Waals surface area (Å²) >= 11 is 0. The summed E-state index contributed by atoms with van der Waals surface area (Å²) in [6.45, 7) is 3.60. The lowest BCUT2D eigenvalue weighted by atomic mass is 9.94. The van der Waals surface area contributed by atoms with Gasteiger partial charge < -0.3 is 10.6 Å². The molecule has 0 unspecified atom stereocenters. The minimum atomic E-state index is -0.116. The monoisotopic (exact) mass is 215 g/mol. The van der Waals surface area contributed by atoms with Gasteiger partial charge in [-0.05, 0) is 19.1 Å². The Balaban J connectivity index is 1.94. The second-order valence-electron chi connectivity index (χ2n) is 4.61. The number of nitrogens with two attached hydrogens (primary N) is 1. The molecule has 0 bridgehead atoms. The zero-order valence-corrected chi connectivity index (χ0v) is 9.09. The molecule has 2 heterocycles. The largest absolute Gasteiger partial charge is 0.336 e. The Morgan fingerprint density at radius 1 is 1.19 bits per heavy atom. The Morgan fingerprint density at radius 3 is 2.56 bits per heavy atom. The molecule has 2 N–H and O–H groups in total. The van der Waals surface area contributed by atoms with Gasteiger partial charge in [0.1, 0.15) is 5.52 Å². The van der Waals surface area contributed by atoms with Crippen LogP contribution in [0, 0.1) is 0 Å². The van der Waals surface area contributed by atoms with E-state index in [4.69, 9.17) is 5.73 Å². The minimum absolute atomic E-state index is 0.116. The van der Waals surface area contributed by atoms with E-state index in [-0.39, 0.29) is 5.54 Å². The van der Waals surface area contributed by atoms with Crippen molar-refractivity contribution in [1.29, 1.82) is 0 Å². The van der Waals surface area contributed by atoms with Crippen LogP contribution in [0.2, 0.25) is 0 Å². The lowest BCUT2D eigenvalue weighted by molar-refractivity contribution is 0.359. The molecule has 1 aliphatic rings. The maximum absolute atomic E-state index is 5.94. The predicted octanol–water partition coefficient (Wildman–Crippen LogP) is 0.562. The van der Waals surface area contributed by atoms with Crippen LogP contribution in [-0.4, -0.2) is 33.8 Å². The van der Waals surface area contributed by atoms with Gasteiger partial charge in [-0.15, -0.1) is 10.2 Å². The van der Waals surface area contributed by atoms with Crippen LogP contribution in [-0.2, 0) is 0 Å². The van der Waals surface area contributed by atoms with E-state index in [2.05, 4.69) is 15.2 Å². The average Bonchev–Trinajstić information content (AvgIpc) is 2.25. The van der Waals surface area contributed by atoms with Crippen LogP contribution in [0.5, 0.6) is 0 Å². The van der Waals surface area contributed by atoms with Gasteiger partial charge in [-0.25, -0.2) is 4.98 Å². The summed E-state index contributed by atoms with van der Waals surface area (Å²) < 4.78 is 0. The second kappa shape index (κ2) is 3.12. The van der Waals surface area contributed by atoms with Gasteiger partial charge in [-0.2, -0.15) is 0 Å². The van der Waals surface area contributed by atoms with Gasteiger partial charge in [0.25, 0.3) is 0 Å². The quantitative estimate of drug-likeness (QED) is 0.753. The highest BCUT2D eigenvalue weighted by molar-refractivity contribution is 5.74. The first-order valence-electron chi connectivity index (χ1n) is 5.27. The summed E-state index contributed by atoms with van der Waals surface area (Å²) in [6, 6.07) is 7.72. The molecule has 82 valence electrons. The van der Waals surface area contributed by atoms with Crippen LogP contribution >= 0.6 is 0 Å². The SMILES string of the molecule is CC1(N)CN(c2nnc3ccccc3n2)C1. The van der Waals surface area contributed by atoms with Crippen molar-refractivity contribution in [3.05, 3.63) is 24.3 Å². The maximum Gasteiger partial charge on any atom is 0.246 e. The fraction of sp³-hybridized carbons (Fsp3) is 0.364. The smallest absolute Gasteiger partial charge is 0.246 e. The molecule has 0 aliphatic carbocycles. The van der Waals surface area contributed by atoms with Crippen LogP contribution in [0.1, 0.15) is 6.92 Å². The summed E-state index contributed by atoms with van der Waals surface area (Å²) in [7, 11) is 0. The molecule has 0 atom stereocenters. The molecule has 1 aromatic heterocycles. The van der Waals surface area contributed by atoms with E-state index in [9.17, 15) is 0 Å². The molecule has 1 saturated heterocycles. The number of fused-ring (bicyclic) bond motifs is 1. The summed E-state index contributed by atoms with van der Waals surface area (Å²) in [5.41, 5.74) is 7.52. The Hall–Kier alpha value is -1.75. The van der Waals surface area contributed by atoms with Gasteiger partial charge in [-0.3, -0.25) is 0 Å². The van der Waals surface area contributed by atoms with E-state index in [1.165, 1.54) is 0 Å². The number of rotatable bonds is 1. The Morgan fingerprint density at radius 2 is 1.88 bits per heavy atom. The number of aromatic nitrogens is 3. The third kappa shape index (κ3) is 1.49. The lowest BCUT2D eigenvalue weighted by Gasteiger charge is -2.45. The van der Waals surface area contributed by atoms with Crippen molar-refractivity contribution >= 4 is 17.0 Å². The van der Waals surface area contributed by atoms with Gasteiger partial charge in [-0.1, -0.05) is 12.1 Å². The van der Waals surface area contributed by atoms with E-state index in [1.807, 2.05) is 36.1 Å². The molecule has 1 aromatic carbocycles. The molecule has 0 radical (unpaired) electrons. The van der Waals surface area contributed by atoms with Crippen LogP contribution < -0.4 is 10.6 Å². The van der Waals surface area contributed by atoms with Crippen molar-refractivity contribution in [2.75, 3.05) is 18.0 Å². The molecular weight excluding hydrogens is 202 g/mol. The van der Waals surface area contributed by atoms with Crippen LogP contribution in [0.3, 0.4) is 0 Å². The van der Waals surface area contributed by atoms with E-state index in [0.29, 0.717) is 5.95 Å². The highest BCUT2D eigenvalue weighted by Gasteiger charge is 2.36. The highest BCUT2D eigenvalue weighted by atomic mass is 15.4. The number of benzene rings is 1. The lowest BCUT2D eigenvalue weighted by Crippen LogP contribution is -2.66. The number of hydrogen-bond acceptors (Lipinski definition) is 5. The molecular formula is C11H13N5. The summed E-state index contributed by atoms with van der Waals surface area (Å²) in [5, 5.41) is 8.24. The first-order valence-corrected chi connectivity index (χ1v) is 5.27. The van der Waals surface area contributed by atoms with Gasteiger partial charge in [0, 0.05) is 18.6 Å². The number of nitrogens with zero attached hydrogens (tertiary/aromatic N) is 4. The zero-order valence-electron chi connectivity index (χ0n) is 9.09. The Kier molecular flexibility index (Phi) is 1.85. The first-order chi connectivity index (χ1) is 7.64. The van der Waals surface area contributed by atoms with Gasteiger partial charge in [0.2, 0.25) is 5.95 Å². The van der Waals surface area contributed by atoms with Crippen molar-refractivity contribution < 1.29 is 0 Å². The van der Waals surface area contributed by atoms with Crippen molar-refractivity contribution in [1.82, 2.24) is 15.2 Å². The second-order valence-corrected chi connectivity index (χ2v) is 4.61. The van der Waals surface area contributed by atoms with Gasteiger partial charge in [0.05, 0.1) is 5.52 Å². The van der Waals surface area contributed by atoms with Crippen molar-refractivity contribution in [3.8, 4) is 0 Å². The van der Waals surface area contributed by atoms with Crippen molar-refractivity contribution in [2.24, 2.45) is 5.73 Å². The molecule has 5 heteroatoms. The number of hydrogen-bond donors (Lipinski definition) is 1. The third-order valence-electron chi connectivity index (χ3n) is 2.74. The Bertz CT molecular complexity index is 529. The fourth-order valence-corrected chi connectivity index (χ4v) is 1.97. The summed E-state index contributed by atoms with van der Waals surface area (Å²) in [6.07, 6.45) is 0. The van der Waals surface area contributed by atoms with Crippen LogP contribution in [0.25, 0.3) is 11.0 Å². The van der Waals surface area contributed by atoms with Gasteiger partial charge >= 0.3 is 0 Å². The van der Waals surface area contributed by atoms with Gasteiger partial charge in [0.15, 0.2) is 0 Å². The summed E-state index contributed by atoms with van der Waals surface area (Å²) in [4.78, 5) is 6.50. The Labute approximate surface area is 93.3 Å². The maximum atomic E-state index is 5.94. The van der Waals surface area contributed by atoms with Crippen LogP contribution in [0.4, 0.5) is 5.95 Å². The predicted molar refractivity (Wildman–Crippen MR) is 62.1 cm³/mol. The first kappa shape index (κ1) is 9.47. The number of anilines is 1. The standard InChI is InChI=1S/C11H13N5/c1-11(12)6-16(7-11)10-13-8-4-2-3-5-9(8)14-15-10/h2-5H,6-7,12H2,1H3. The third-order valence-corrected chi connectivity index (χ3v) is 2.74. The zero-order chi connectivity index (χ0) is 11.2. The van der Waals surface area contributed by atoms with Crippen molar-refractivity contribution in [3.63, 3.8) is 0 Å². The molecule has 16 heavy (non-hydrogen) atoms. The van der Waals surface area contributed by atoms with E-state index >= 15 is 0 Å². The topological polar surface area (TPSA) is 67.9 Å². The van der Waals surface area contributed by atoms with Crippen molar-refractivity contribution in [2.45, 2.75) is 12.5 Å². The number of para-hydroxylation sites is 1. The molecule has 0 spiro atoms. The average molecular weight is 215 g/mol. The molecule has 1 fully saturated rings. The summed E-state index contributed by atoms with van der Waals surface area (Å²) in [5.74, 6) is 0.668. The van der Waals surface area contributed by atoms with E-state index in [0.717, 1.165) is 24.1 Å².